The van der Waals surface area contributed by atoms with Gasteiger partial charge in [0.15, 0.2) is 0 Å². The summed E-state index contributed by atoms with van der Waals surface area (Å²) in [5.74, 6) is 0. The summed E-state index contributed by atoms with van der Waals surface area (Å²) in [6.45, 7) is 0. The van der Waals surface area contributed by atoms with Crippen LogP contribution in [0.4, 0.5) is 10.5 Å². The van der Waals surface area contributed by atoms with Gasteiger partial charge in [-0.05, 0) is 29.8 Å². The fraction of sp³-hybridized carbons (Fsp3) is 0.0556. The number of amides is 2. The van der Waals surface area contributed by atoms with Crippen LogP contribution in [0, 0.1) is 0 Å². The number of hydrogen-bond donors (Lipinski definition) is 2. The fourth-order valence-electron chi connectivity index (χ4n) is 2.26. The Balaban J connectivity index is 1.81. The topological polar surface area (TPSA) is 66.9 Å². The van der Waals surface area contributed by atoms with E-state index in [-0.39, 0.29) is 12.1 Å². The number of benzene rings is 1. The summed E-state index contributed by atoms with van der Waals surface area (Å²) in [7, 11) is 0. The molecule has 0 aliphatic rings. The highest BCUT2D eigenvalue weighted by atomic mass is 16.2. The Bertz CT molecular complexity index is 708. The van der Waals surface area contributed by atoms with Gasteiger partial charge in [0, 0.05) is 12.4 Å². The maximum absolute atomic E-state index is 12.3. The normalized spacial score (nSPS) is 11.5. The summed E-state index contributed by atoms with van der Waals surface area (Å²) in [5, 5.41) is 5.73. The monoisotopic (exact) mass is 304 g/mol. The van der Waals surface area contributed by atoms with Crippen LogP contribution in [0.5, 0.6) is 0 Å². The Labute approximate surface area is 134 Å². The van der Waals surface area contributed by atoms with Crippen LogP contribution < -0.4 is 10.6 Å². The Morgan fingerprint density at radius 3 is 2.43 bits per heavy atom. The molecule has 5 nitrogen and oxygen atoms in total. The molecular weight excluding hydrogens is 288 g/mol. The highest BCUT2D eigenvalue weighted by Crippen LogP contribution is 2.20. The predicted molar refractivity (Wildman–Crippen MR) is 88.9 cm³/mol. The van der Waals surface area contributed by atoms with E-state index in [4.69, 9.17) is 0 Å². The van der Waals surface area contributed by atoms with Gasteiger partial charge in [0.2, 0.25) is 0 Å². The molecule has 1 aromatic carbocycles. The first-order valence-electron chi connectivity index (χ1n) is 7.26. The second-order valence-electron chi connectivity index (χ2n) is 4.94. The molecule has 2 aromatic heterocycles. The Kier molecular flexibility index (Phi) is 4.59. The van der Waals surface area contributed by atoms with E-state index < -0.39 is 0 Å². The van der Waals surface area contributed by atoms with Crippen LogP contribution in [-0.2, 0) is 0 Å². The van der Waals surface area contributed by atoms with Gasteiger partial charge in [0.1, 0.15) is 0 Å². The maximum atomic E-state index is 12.3. The molecule has 0 spiro atoms. The second-order valence-corrected chi connectivity index (χ2v) is 4.94. The molecule has 2 heterocycles. The molecule has 1 atom stereocenters. The lowest BCUT2D eigenvalue weighted by Gasteiger charge is -2.19. The molecule has 0 saturated carbocycles. The lowest BCUT2D eigenvalue weighted by atomic mass is 10.0. The number of aromatic nitrogens is 2. The van der Waals surface area contributed by atoms with Crippen molar-refractivity contribution < 1.29 is 4.79 Å². The van der Waals surface area contributed by atoms with Crippen molar-refractivity contribution in [2.24, 2.45) is 0 Å². The minimum atomic E-state index is -0.325. The average molecular weight is 304 g/mol. The van der Waals surface area contributed by atoms with E-state index in [0.29, 0.717) is 5.69 Å². The van der Waals surface area contributed by atoms with Gasteiger partial charge in [-0.15, -0.1) is 0 Å². The van der Waals surface area contributed by atoms with Gasteiger partial charge < -0.3 is 10.6 Å². The minimum absolute atomic E-state index is 0.308. The number of anilines is 1. The molecule has 23 heavy (non-hydrogen) atoms. The predicted octanol–water partition coefficient (Wildman–Crippen LogP) is 3.39. The maximum Gasteiger partial charge on any atom is 0.320 e. The zero-order valence-electron chi connectivity index (χ0n) is 12.4. The first-order chi connectivity index (χ1) is 11.3. The average Bonchev–Trinajstić information content (AvgIpc) is 2.62. The summed E-state index contributed by atoms with van der Waals surface area (Å²) in [4.78, 5) is 20.6. The third-order valence-corrected chi connectivity index (χ3v) is 3.31. The van der Waals surface area contributed by atoms with Crippen LogP contribution in [0.25, 0.3) is 0 Å². The van der Waals surface area contributed by atoms with Crippen LogP contribution >= 0.6 is 0 Å². The van der Waals surface area contributed by atoms with Gasteiger partial charge in [-0.2, -0.15) is 0 Å². The van der Waals surface area contributed by atoms with Crippen molar-refractivity contribution >= 4 is 11.7 Å². The molecule has 0 fully saturated rings. The van der Waals surface area contributed by atoms with E-state index in [9.17, 15) is 4.79 Å². The molecule has 0 aliphatic heterocycles. The summed E-state index contributed by atoms with van der Waals surface area (Å²) in [6, 6.07) is 18.3. The summed E-state index contributed by atoms with van der Waals surface area (Å²) in [6.07, 6.45) is 4.97. The number of carbonyl (C=O) groups is 1. The number of pyridine rings is 2. The molecule has 3 aromatic rings. The highest BCUT2D eigenvalue weighted by Gasteiger charge is 2.17. The highest BCUT2D eigenvalue weighted by molar-refractivity contribution is 5.89. The SMILES string of the molecule is O=C(Nc1cccnc1)NC(c1ccccc1)c1ccccn1. The summed E-state index contributed by atoms with van der Waals surface area (Å²) < 4.78 is 0. The van der Waals surface area contributed by atoms with E-state index in [1.807, 2.05) is 48.5 Å². The summed E-state index contributed by atoms with van der Waals surface area (Å²) >= 11 is 0. The number of hydrogen-bond acceptors (Lipinski definition) is 3. The zero-order chi connectivity index (χ0) is 15.9. The number of nitrogens with zero attached hydrogens (tertiary/aromatic N) is 2. The van der Waals surface area contributed by atoms with Crippen LogP contribution in [0.15, 0.2) is 79.3 Å². The van der Waals surface area contributed by atoms with Crippen molar-refractivity contribution in [3.05, 3.63) is 90.5 Å². The fourth-order valence-corrected chi connectivity index (χ4v) is 2.26. The Morgan fingerprint density at radius 1 is 0.913 bits per heavy atom. The van der Waals surface area contributed by atoms with Crippen LogP contribution in [0.2, 0.25) is 0 Å². The molecule has 0 saturated heterocycles. The molecule has 2 N–H and O–H groups in total. The van der Waals surface area contributed by atoms with Crippen molar-refractivity contribution in [2.75, 3.05) is 5.32 Å². The first-order valence-corrected chi connectivity index (χ1v) is 7.26. The van der Waals surface area contributed by atoms with Gasteiger partial charge >= 0.3 is 6.03 Å². The third kappa shape index (κ3) is 3.91. The molecule has 114 valence electrons. The standard InChI is InChI=1S/C18H16N4O/c23-18(21-15-9-6-11-19-13-15)22-17(14-7-2-1-3-8-14)16-10-4-5-12-20-16/h1-13,17H,(H2,21,22,23). The van der Waals surface area contributed by atoms with Crippen molar-refractivity contribution in [2.45, 2.75) is 6.04 Å². The van der Waals surface area contributed by atoms with E-state index >= 15 is 0 Å². The molecule has 3 rings (SSSR count). The molecule has 0 bridgehead atoms. The van der Waals surface area contributed by atoms with Gasteiger partial charge in [0.05, 0.1) is 23.6 Å². The molecule has 0 aliphatic carbocycles. The number of rotatable bonds is 4. The molecule has 5 heteroatoms. The molecular formula is C18H16N4O. The van der Waals surface area contributed by atoms with Gasteiger partial charge in [-0.3, -0.25) is 9.97 Å². The second kappa shape index (κ2) is 7.17. The Hall–Kier alpha value is -3.21. The minimum Gasteiger partial charge on any atom is -0.325 e. The van der Waals surface area contributed by atoms with Gasteiger partial charge in [-0.25, -0.2) is 4.79 Å². The largest absolute Gasteiger partial charge is 0.325 e. The van der Waals surface area contributed by atoms with E-state index in [1.54, 1.807) is 30.7 Å². The lowest BCUT2D eigenvalue weighted by molar-refractivity contribution is 0.250. The van der Waals surface area contributed by atoms with Crippen LogP contribution in [0.1, 0.15) is 17.3 Å². The summed E-state index contributed by atoms with van der Waals surface area (Å²) in [5.41, 5.74) is 2.38. The first kappa shape index (κ1) is 14.7. The number of nitrogens with one attached hydrogen (secondary N) is 2. The lowest BCUT2D eigenvalue weighted by Crippen LogP contribution is -2.33. The van der Waals surface area contributed by atoms with Crippen LogP contribution in [0.3, 0.4) is 0 Å². The molecule has 0 radical (unpaired) electrons. The van der Waals surface area contributed by atoms with Crippen molar-refractivity contribution in [3.8, 4) is 0 Å². The smallest absolute Gasteiger partial charge is 0.320 e. The van der Waals surface area contributed by atoms with Crippen molar-refractivity contribution in [1.29, 1.82) is 0 Å². The van der Waals surface area contributed by atoms with Gasteiger partial charge in [0.25, 0.3) is 0 Å². The molecule has 2 amide bonds. The zero-order valence-corrected chi connectivity index (χ0v) is 12.4. The number of urea groups is 1. The van der Waals surface area contributed by atoms with E-state index in [0.717, 1.165) is 11.3 Å². The van der Waals surface area contributed by atoms with E-state index in [1.165, 1.54) is 0 Å². The number of carbonyl (C=O) groups excluding carboxylic acids is 1. The van der Waals surface area contributed by atoms with E-state index in [2.05, 4.69) is 20.6 Å². The Morgan fingerprint density at radius 2 is 1.74 bits per heavy atom. The van der Waals surface area contributed by atoms with Crippen LogP contribution in [-0.4, -0.2) is 16.0 Å². The van der Waals surface area contributed by atoms with Gasteiger partial charge in [-0.1, -0.05) is 36.4 Å². The third-order valence-electron chi connectivity index (χ3n) is 3.31. The van der Waals surface area contributed by atoms with Crippen molar-refractivity contribution in [1.82, 2.24) is 15.3 Å². The quantitative estimate of drug-likeness (QED) is 0.776. The van der Waals surface area contributed by atoms with Crippen molar-refractivity contribution in [3.63, 3.8) is 0 Å². The molecule has 1 unspecified atom stereocenters.